The van der Waals surface area contributed by atoms with Crippen LogP contribution in [-0.2, 0) is 4.79 Å². The Hall–Kier alpha value is -4.27. The van der Waals surface area contributed by atoms with Gasteiger partial charge in [0.05, 0.1) is 30.1 Å². The predicted molar refractivity (Wildman–Crippen MR) is 125 cm³/mol. The number of rotatable bonds is 7. The van der Waals surface area contributed by atoms with Crippen LogP contribution in [0.15, 0.2) is 57.7 Å². The van der Waals surface area contributed by atoms with E-state index in [1.165, 1.54) is 25.3 Å². The van der Waals surface area contributed by atoms with E-state index in [1.54, 1.807) is 19.9 Å². The second kappa shape index (κ2) is 9.30. The molecule has 0 aliphatic heterocycles. The summed E-state index contributed by atoms with van der Waals surface area (Å²) in [4.78, 5) is 33.0. The van der Waals surface area contributed by atoms with Gasteiger partial charge in [-0.15, -0.1) is 0 Å². The van der Waals surface area contributed by atoms with Crippen molar-refractivity contribution in [3.63, 3.8) is 0 Å². The van der Waals surface area contributed by atoms with Crippen molar-refractivity contribution >= 4 is 16.9 Å². The smallest absolute Gasteiger partial charge is 0.227 e. The molecule has 4 rings (SSSR count). The van der Waals surface area contributed by atoms with E-state index in [2.05, 4.69) is 15.3 Å². The first-order chi connectivity index (χ1) is 16.3. The number of benzene rings is 2. The molecule has 2 aromatic carbocycles. The number of fused-ring (bicyclic) bond motifs is 1. The van der Waals surface area contributed by atoms with Gasteiger partial charge < -0.3 is 29.7 Å². The molecule has 2 heterocycles. The van der Waals surface area contributed by atoms with Gasteiger partial charge in [-0.1, -0.05) is 18.2 Å². The Kier molecular flexibility index (Phi) is 6.27. The molecule has 0 saturated heterocycles. The highest BCUT2D eigenvalue weighted by Gasteiger charge is 2.27. The van der Waals surface area contributed by atoms with Crippen molar-refractivity contribution in [2.75, 3.05) is 7.11 Å². The highest BCUT2D eigenvalue weighted by Crippen LogP contribution is 2.37. The quantitative estimate of drug-likeness (QED) is 0.328. The first kappa shape index (κ1) is 22.9. The molecule has 0 radical (unpaired) electrons. The van der Waals surface area contributed by atoms with Gasteiger partial charge in [-0.05, 0) is 43.7 Å². The number of imidazole rings is 1. The number of carbonyl (C=O) groups is 1. The van der Waals surface area contributed by atoms with Crippen molar-refractivity contribution in [3.8, 4) is 17.2 Å². The average molecular weight is 463 g/mol. The molecule has 176 valence electrons. The molecule has 0 aliphatic rings. The number of carbonyl (C=O) groups excluding carboxylic acids is 1. The number of ether oxygens (including phenoxy) is 1. The number of H-pyrrole nitrogens is 1. The van der Waals surface area contributed by atoms with E-state index < -0.39 is 23.1 Å². The average Bonchev–Trinajstić information content (AvgIpc) is 3.25. The van der Waals surface area contributed by atoms with Crippen LogP contribution < -0.4 is 15.5 Å². The minimum absolute atomic E-state index is 0.0377. The number of nitrogens with one attached hydrogen (secondary N) is 2. The van der Waals surface area contributed by atoms with Gasteiger partial charge in [0.1, 0.15) is 11.6 Å². The molecule has 9 heteroatoms. The summed E-state index contributed by atoms with van der Waals surface area (Å²) in [5, 5.41) is 23.3. The summed E-state index contributed by atoms with van der Waals surface area (Å²) in [5.74, 6) is -0.772. The fourth-order valence-electron chi connectivity index (χ4n) is 3.87. The summed E-state index contributed by atoms with van der Waals surface area (Å²) in [6, 6.07) is 12.8. The van der Waals surface area contributed by atoms with Crippen LogP contribution in [0, 0.1) is 6.92 Å². The van der Waals surface area contributed by atoms with Crippen LogP contribution in [0.1, 0.15) is 48.2 Å². The van der Waals surface area contributed by atoms with Gasteiger partial charge >= 0.3 is 0 Å². The minimum atomic E-state index is -0.815. The normalized spacial score (nSPS) is 12.9. The van der Waals surface area contributed by atoms with Gasteiger partial charge in [0.2, 0.25) is 17.1 Å². The van der Waals surface area contributed by atoms with Crippen LogP contribution in [-0.4, -0.2) is 33.2 Å². The summed E-state index contributed by atoms with van der Waals surface area (Å²) in [6.45, 7) is 3.39. The molecule has 4 aromatic rings. The second-order valence-electron chi connectivity index (χ2n) is 8.05. The van der Waals surface area contributed by atoms with E-state index in [0.29, 0.717) is 17.1 Å². The summed E-state index contributed by atoms with van der Waals surface area (Å²) in [5.41, 5.74) is 1.56. The van der Waals surface area contributed by atoms with Crippen molar-refractivity contribution in [1.29, 1.82) is 0 Å². The van der Waals surface area contributed by atoms with Crippen LogP contribution >= 0.6 is 0 Å². The number of amides is 1. The Bertz CT molecular complexity index is 1370. The zero-order valence-corrected chi connectivity index (χ0v) is 19.0. The maximum atomic E-state index is 13.1. The molecule has 0 saturated carbocycles. The Morgan fingerprint density at radius 1 is 1.21 bits per heavy atom. The highest BCUT2D eigenvalue weighted by molar-refractivity contribution is 5.79. The molecule has 0 spiro atoms. The summed E-state index contributed by atoms with van der Waals surface area (Å²) in [6.07, 6.45) is -0.140. The monoisotopic (exact) mass is 463 g/mol. The Balaban J connectivity index is 1.65. The Labute approximate surface area is 195 Å². The summed E-state index contributed by atoms with van der Waals surface area (Å²) >= 11 is 0. The molecule has 2 atom stereocenters. The number of hydrogen-bond acceptors (Lipinski definition) is 7. The number of phenols is 1. The Morgan fingerprint density at radius 3 is 2.71 bits per heavy atom. The first-order valence-corrected chi connectivity index (χ1v) is 10.7. The largest absolute Gasteiger partial charge is 0.504 e. The fourth-order valence-corrected chi connectivity index (χ4v) is 3.87. The molecule has 2 aromatic heterocycles. The lowest BCUT2D eigenvalue weighted by Gasteiger charge is -2.20. The van der Waals surface area contributed by atoms with Crippen LogP contribution in [0.4, 0.5) is 0 Å². The predicted octanol–water partition coefficient (Wildman–Crippen LogP) is 3.64. The van der Waals surface area contributed by atoms with E-state index in [4.69, 9.17) is 9.15 Å². The van der Waals surface area contributed by atoms with Crippen molar-refractivity contribution in [3.05, 3.63) is 81.7 Å². The van der Waals surface area contributed by atoms with Gasteiger partial charge in [0, 0.05) is 12.5 Å². The van der Waals surface area contributed by atoms with Crippen molar-refractivity contribution in [1.82, 2.24) is 15.3 Å². The van der Waals surface area contributed by atoms with Crippen LogP contribution in [0.5, 0.6) is 17.2 Å². The van der Waals surface area contributed by atoms with Gasteiger partial charge in [0.25, 0.3) is 0 Å². The number of phenolic OH excluding ortho intramolecular Hbond substituents is 1. The number of aromatic hydroxyl groups is 2. The van der Waals surface area contributed by atoms with Crippen LogP contribution in [0.2, 0.25) is 0 Å². The standard InChI is InChI=1S/C25H25N3O6/c1-13-10-20(30)23(32)24(34-13)16(15-8-9-19(29)21(11-15)33-3)12-22(31)26-14(2)25-27-17-6-4-5-7-18(17)28-25/h4-11,14,16,29,32H,12H2,1-3H3,(H,26,31)(H,27,28). The maximum Gasteiger partial charge on any atom is 0.227 e. The van der Waals surface area contributed by atoms with E-state index in [1.807, 2.05) is 24.3 Å². The molecule has 9 nitrogen and oxygen atoms in total. The lowest BCUT2D eigenvalue weighted by atomic mass is 9.91. The molecule has 34 heavy (non-hydrogen) atoms. The van der Waals surface area contributed by atoms with Crippen molar-refractivity contribution < 1.29 is 24.2 Å². The SMILES string of the molecule is COc1cc(C(CC(=O)NC(C)c2nc3ccccc3[nH]2)c2oc(C)cc(=O)c2O)ccc1O. The van der Waals surface area contributed by atoms with E-state index >= 15 is 0 Å². The fraction of sp³-hybridized carbons (Fsp3) is 0.240. The lowest BCUT2D eigenvalue weighted by molar-refractivity contribution is -0.122. The molecule has 0 bridgehead atoms. The third-order valence-electron chi connectivity index (χ3n) is 5.58. The van der Waals surface area contributed by atoms with Crippen molar-refractivity contribution in [2.24, 2.45) is 0 Å². The highest BCUT2D eigenvalue weighted by atomic mass is 16.5. The lowest BCUT2D eigenvalue weighted by Crippen LogP contribution is -2.29. The number of aryl methyl sites for hydroxylation is 1. The Morgan fingerprint density at radius 2 is 1.97 bits per heavy atom. The molecule has 1 amide bonds. The topological polar surface area (TPSA) is 138 Å². The van der Waals surface area contributed by atoms with Gasteiger partial charge in [0.15, 0.2) is 17.3 Å². The zero-order valence-electron chi connectivity index (χ0n) is 19.0. The third kappa shape index (κ3) is 4.59. The van der Waals surface area contributed by atoms with E-state index in [-0.39, 0.29) is 29.6 Å². The summed E-state index contributed by atoms with van der Waals surface area (Å²) < 4.78 is 10.9. The number of hydrogen-bond donors (Lipinski definition) is 4. The molecule has 2 unspecified atom stereocenters. The zero-order chi connectivity index (χ0) is 24.4. The number of aromatic nitrogens is 2. The van der Waals surface area contributed by atoms with Gasteiger partial charge in [-0.3, -0.25) is 9.59 Å². The second-order valence-corrected chi connectivity index (χ2v) is 8.05. The van der Waals surface area contributed by atoms with Crippen LogP contribution in [0.25, 0.3) is 11.0 Å². The van der Waals surface area contributed by atoms with E-state index in [9.17, 15) is 19.8 Å². The van der Waals surface area contributed by atoms with E-state index in [0.717, 1.165) is 11.0 Å². The van der Waals surface area contributed by atoms with Crippen LogP contribution in [0.3, 0.4) is 0 Å². The number of nitrogens with zero attached hydrogens (tertiary/aromatic N) is 1. The molecule has 4 N–H and O–H groups in total. The van der Waals surface area contributed by atoms with Crippen molar-refractivity contribution in [2.45, 2.75) is 32.2 Å². The first-order valence-electron chi connectivity index (χ1n) is 10.7. The van der Waals surface area contributed by atoms with Gasteiger partial charge in [-0.25, -0.2) is 4.98 Å². The maximum absolute atomic E-state index is 13.1. The molecular weight excluding hydrogens is 438 g/mol. The molecular formula is C25H25N3O6. The molecule has 0 aliphatic carbocycles. The minimum Gasteiger partial charge on any atom is -0.504 e. The summed E-state index contributed by atoms with van der Waals surface area (Å²) in [7, 11) is 1.40. The number of methoxy groups -OCH3 is 1. The third-order valence-corrected chi connectivity index (χ3v) is 5.58. The number of para-hydroxylation sites is 2. The number of aromatic amines is 1. The molecule has 0 fully saturated rings. The van der Waals surface area contributed by atoms with Gasteiger partial charge in [-0.2, -0.15) is 0 Å².